The molecule has 0 aliphatic carbocycles. The molecular formula is C17H20N2O2S. The molecule has 1 aromatic carbocycles. The summed E-state index contributed by atoms with van der Waals surface area (Å²) in [5, 5.41) is 7.45. The molecule has 1 aromatic heterocycles. The van der Waals surface area contributed by atoms with E-state index in [-0.39, 0.29) is 11.8 Å². The highest BCUT2D eigenvalue weighted by Crippen LogP contribution is 2.07. The Bertz CT molecular complexity index is 606. The van der Waals surface area contributed by atoms with Crippen molar-refractivity contribution in [2.45, 2.75) is 19.8 Å². The number of nitrogens with one attached hydrogen (secondary N) is 2. The summed E-state index contributed by atoms with van der Waals surface area (Å²) in [7, 11) is 0. The maximum atomic E-state index is 11.7. The largest absolute Gasteiger partial charge is 0.354 e. The molecule has 22 heavy (non-hydrogen) atoms. The molecule has 0 saturated heterocycles. The second-order valence-electron chi connectivity index (χ2n) is 5.07. The Morgan fingerprint density at radius 2 is 1.77 bits per heavy atom. The first-order valence-electron chi connectivity index (χ1n) is 7.29. The Hall–Kier alpha value is -2.14. The summed E-state index contributed by atoms with van der Waals surface area (Å²) in [5.74, 6) is -0.0881. The average Bonchev–Trinajstić information content (AvgIpc) is 3.05. The van der Waals surface area contributed by atoms with Crippen molar-refractivity contribution in [2.75, 3.05) is 13.1 Å². The van der Waals surface area contributed by atoms with Gasteiger partial charge in [-0.25, -0.2) is 0 Å². The van der Waals surface area contributed by atoms with E-state index < -0.39 is 0 Å². The number of hydrogen-bond donors (Lipinski definition) is 2. The van der Waals surface area contributed by atoms with Crippen LogP contribution in [0, 0.1) is 6.92 Å². The minimum atomic E-state index is -0.0936. The molecule has 5 heteroatoms. The standard InChI is InChI=1S/C17H20N2O2S/c1-13-4-6-14(7-5-13)8-9-16(20)18-10-11-19-17(21)15-3-2-12-22-15/h2-7,12H,8-11H2,1H3,(H,18,20)(H,19,21). The van der Waals surface area contributed by atoms with Gasteiger partial charge in [-0.1, -0.05) is 35.9 Å². The van der Waals surface area contributed by atoms with Gasteiger partial charge in [0, 0.05) is 19.5 Å². The minimum absolute atomic E-state index is 0.00551. The van der Waals surface area contributed by atoms with Gasteiger partial charge in [-0.2, -0.15) is 0 Å². The zero-order chi connectivity index (χ0) is 15.8. The third kappa shape index (κ3) is 5.33. The molecule has 2 aromatic rings. The molecule has 2 amide bonds. The fraction of sp³-hybridized carbons (Fsp3) is 0.294. The van der Waals surface area contributed by atoms with E-state index in [0.717, 1.165) is 12.0 Å². The van der Waals surface area contributed by atoms with Gasteiger partial charge < -0.3 is 10.6 Å². The summed E-state index contributed by atoms with van der Waals surface area (Å²) >= 11 is 1.40. The third-order valence-corrected chi connectivity index (χ3v) is 4.11. The van der Waals surface area contributed by atoms with Crippen LogP contribution in [0.5, 0.6) is 0 Å². The van der Waals surface area contributed by atoms with Crippen molar-refractivity contribution in [3.63, 3.8) is 0 Å². The third-order valence-electron chi connectivity index (χ3n) is 3.24. The Kier molecular flexibility index (Phi) is 6.15. The van der Waals surface area contributed by atoms with Crippen molar-refractivity contribution >= 4 is 23.2 Å². The molecule has 0 radical (unpaired) electrons. The van der Waals surface area contributed by atoms with Crippen LogP contribution in [0.4, 0.5) is 0 Å². The summed E-state index contributed by atoms with van der Waals surface area (Å²) in [6.45, 7) is 2.93. The van der Waals surface area contributed by atoms with E-state index in [9.17, 15) is 9.59 Å². The fourth-order valence-electron chi connectivity index (χ4n) is 1.97. The van der Waals surface area contributed by atoms with Crippen LogP contribution in [0.1, 0.15) is 27.2 Å². The molecule has 0 atom stereocenters. The quantitative estimate of drug-likeness (QED) is 0.771. The molecule has 0 unspecified atom stereocenters. The van der Waals surface area contributed by atoms with Crippen molar-refractivity contribution in [1.29, 1.82) is 0 Å². The molecule has 0 bridgehead atoms. The topological polar surface area (TPSA) is 58.2 Å². The van der Waals surface area contributed by atoms with Crippen LogP contribution in [-0.2, 0) is 11.2 Å². The monoisotopic (exact) mass is 316 g/mol. The van der Waals surface area contributed by atoms with Crippen LogP contribution in [0.3, 0.4) is 0 Å². The Morgan fingerprint density at radius 1 is 1.05 bits per heavy atom. The Morgan fingerprint density at radius 3 is 2.45 bits per heavy atom. The summed E-state index contributed by atoms with van der Waals surface area (Å²) in [5.41, 5.74) is 2.38. The van der Waals surface area contributed by atoms with Gasteiger partial charge in [0.15, 0.2) is 0 Å². The van der Waals surface area contributed by atoms with Gasteiger partial charge in [0.05, 0.1) is 4.88 Å². The first kappa shape index (κ1) is 16.2. The first-order valence-corrected chi connectivity index (χ1v) is 8.17. The van der Waals surface area contributed by atoms with Crippen molar-refractivity contribution in [1.82, 2.24) is 10.6 Å². The second-order valence-corrected chi connectivity index (χ2v) is 6.02. The van der Waals surface area contributed by atoms with Crippen LogP contribution in [0.25, 0.3) is 0 Å². The lowest BCUT2D eigenvalue weighted by Gasteiger charge is -2.06. The van der Waals surface area contributed by atoms with Gasteiger partial charge in [0.1, 0.15) is 0 Å². The average molecular weight is 316 g/mol. The van der Waals surface area contributed by atoms with Gasteiger partial charge in [-0.05, 0) is 30.4 Å². The maximum absolute atomic E-state index is 11.7. The highest BCUT2D eigenvalue weighted by molar-refractivity contribution is 7.12. The molecule has 1 heterocycles. The van der Waals surface area contributed by atoms with E-state index in [0.29, 0.717) is 24.4 Å². The van der Waals surface area contributed by atoms with Gasteiger partial charge in [0.2, 0.25) is 5.91 Å². The summed E-state index contributed by atoms with van der Waals surface area (Å²) in [4.78, 5) is 24.1. The van der Waals surface area contributed by atoms with E-state index in [1.54, 1.807) is 6.07 Å². The van der Waals surface area contributed by atoms with Crippen LogP contribution >= 0.6 is 11.3 Å². The molecule has 0 aliphatic rings. The highest BCUT2D eigenvalue weighted by atomic mass is 32.1. The van der Waals surface area contributed by atoms with Gasteiger partial charge >= 0.3 is 0 Å². The SMILES string of the molecule is Cc1ccc(CCC(=O)NCCNC(=O)c2cccs2)cc1. The van der Waals surface area contributed by atoms with Crippen LogP contribution < -0.4 is 10.6 Å². The predicted molar refractivity (Wildman–Crippen MR) is 89.2 cm³/mol. The maximum Gasteiger partial charge on any atom is 0.261 e. The van der Waals surface area contributed by atoms with E-state index >= 15 is 0 Å². The van der Waals surface area contributed by atoms with Gasteiger partial charge in [-0.15, -0.1) is 11.3 Å². The molecule has 0 fully saturated rings. The van der Waals surface area contributed by atoms with Crippen molar-refractivity contribution in [3.8, 4) is 0 Å². The number of aryl methyl sites for hydroxylation is 2. The van der Waals surface area contributed by atoms with Crippen molar-refractivity contribution < 1.29 is 9.59 Å². The van der Waals surface area contributed by atoms with Crippen LogP contribution in [-0.4, -0.2) is 24.9 Å². The normalized spacial score (nSPS) is 10.2. The molecule has 0 spiro atoms. The lowest BCUT2D eigenvalue weighted by molar-refractivity contribution is -0.121. The van der Waals surface area contributed by atoms with Crippen molar-refractivity contribution in [3.05, 3.63) is 57.8 Å². The Labute approximate surface area is 134 Å². The lowest BCUT2D eigenvalue weighted by atomic mass is 10.1. The van der Waals surface area contributed by atoms with E-state index in [4.69, 9.17) is 0 Å². The summed E-state index contributed by atoms with van der Waals surface area (Å²) in [6, 6.07) is 11.8. The fourth-order valence-corrected chi connectivity index (χ4v) is 2.61. The zero-order valence-electron chi connectivity index (χ0n) is 12.6. The molecule has 2 rings (SSSR count). The molecule has 0 saturated carbocycles. The zero-order valence-corrected chi connectivity index (χ0v) is 13.4. The molecule has 116 valence electrons. The van der Waals surface area contributed by atoms with Gasteiger partial charge in [-0.3, -0.25) is 9.59 Å². The molecule has 4 nitrogen and oxygen atoms in total. The molecule has 0 aliphatic heterocycles. The first-order chi connectivity index (χ1) is 10.6. The highest BCUT2D eigenvalue weighted by Gasteiger charge is 2.06. The predicted octanol–water partition coefficient (Wildman–Crippen LogP) is 2.54. The number of carbonyl (C=O) groups is 2. The van der Waals surface area contributed by atoms with Gasteiger partial charge in [0.25, 0.3) is 5.91 Å². The minimum Gasteiger partial charge on any atom is -0.354 e. The number of amides is 2. The molecule has 2 N–H and O–H groups in total. The van der Waals surface area contributed by atoms with E-state index in [1.807, 2.05) is 42.6 Å². The number of hydrogen-bond acceptors (Lipinski definition) is 3. The number of thiophene rings is 1. The lowest BCUT2D eigenvalue weighted by Crippen LogP contribution is -2.34. The number of benzene rings is 1. The van der Waals surface area contributed by atoms with Crippen LogP contribution in [0.2, 0.25) is 0 Å². The molecular weight excluding hydrogens is 296 g/mol. The van der Waals surface area contributed by atoms with E-state index in [1.165, 1.54) is 16.9 Å². The smallest absolute Gasteiger partial charge is 0.261 e. The summed E-state index contributed by atoms with van der Waals surface area (Å²) < 4.78 is 0. The van der Waals surface area contributed by atoms with Crippen molar-refractivity contribution in [2.24, 2.45) is 0 Å². The Balaban J connectivity index is 1.59. The summed E-state index contributed by atoms with van der Waals surface area (Å²) in [6.07, 6.45) is 1.19. The number of carbonyl (C=O) groups excluding carboxylic acids is 2. The second kappa shape index (κ2) is 8.34. The van der Waals surface area contributed by atoms with Crippen LogP contribution in [0.15, 0.2) is 41.8 Å². The van der Waals surface area contributed by atoms with E-state index in [2.05, 4.69) is 10.6 Å². The number of rotatable bonds is 7.